The molecule has 0 saturated heterocycles. The van der Waals surface area contributed by atoms with Crippen LogP contribution in [-0.4, -0.2) is 49.1 Å². The molecular weight excluding hydrogens is 170 g/mol. The number of nitrogens with zero attached hydrogens (tertiary/aromatic N) is 1. The molecule has 0 heterocycles. The van der Waals surface area contributed by atoms with Gasteiger partial charge in [0.2, 0.25) is 0 Å². The highest BCUT2D eigenvalue weighted by Gasteiger charge is 2.18. The molecule has 2 N–H and O–H groups in total. The molecule has 0 bridgehead atoms. The minimum absolute atomic E-state index is 0.0197. The molecule has 0 radical (unpaired) electrons. The van der Waals surface area contributed by atoms with Crippen LogP contribution >= 0.6 is 0 Å². The van der Waals surface area contributed by atoms with E-state index in [1.54, 1.807) is 19.0 Å². The highest BCUT2D eigenvalue weighted by atomic mass is 32.2. The second kappa shape index (κ2) is 4.01. The maximum atomic E-state index is 10.2. The Morgan fingerprint density at radius 3 is 2.18 bits per heavy atom. The second-order valence-electron chi connectivity index (χ2n) is 2.56. The number of aliphatic hydroxyl groups excluding tert-OH is 1. The Labute approximate surface area is 66.4 Å². The van der Waals surface area contributed by atoms with Gasteiger partial charge in [0.25, 0.3) is 10.1 Å². The predicted molar refractivity (Wildman–Crippen MR) is 40.7 cm³/mol. The van der Waals surface area contributed by atoms with Crippen LogP contribution in [0.4, 0.5) is 0 Å². The molecule has 0 fully saturated rings. The Kier molecular flexibility index (Phi) is 3.95. The number of hydrogen-bond donors (Lipinski definition) is 2. The first-order valence-electron chi connectivity index (χ1n) is 3.13. The normalized spacial score (nSPS) is 15.4. The van der Waals surface area contributed by atoms with Crippen molar-refractivity contribution in [1.82, 2.24) is 4.90 Å². The fraction of sp³-hybridized carbons (Fsp3) is 1.00. The van der Waals surface area contributed by atoms with E-state index in [4.69, 9.17) is 9.66 Å². The van der Waals surface area contributed by atoms with Gasteiger partial charge in [-0.3, -0.25) is 4.55 Å². The van der Waals surface area contributed by atoms with Crippen LogP contribution in [0.2, 0.25) is 0 Å². The third-order valence-corrected chi connectivity index (χ3v) is 2.09. The summed E-state index contributed by atoms with van der Waals surface area (Å²) < 4.78 is 28.8. The van der Waals surface area contributed by atoms with Gasteiger partial charge in [0.1, 0.15) is 0 Å². The third kappa shape index (κ3) is 5.14. The van der Waals surface area contributed by atoms with Gasteiger partial charge in [-0.15, -0.1) is 0 Å². The highest BCUT2D eigenvalue weighted by Crippen LogP contribution is 1.99. The number of aliphatic hydroxyl groups is 1. The van der Waals surface area contributed by atoms with Crippen molar-refractivity contribution < 1.29 is 18.1 Å². The minimum Gasteiger partial charge on any atom is -0.375 e. The van der Waals surface area contributed by atoms with Crippen molar-refractivity contribution >= 4 is 10.1 Å². The SMILES string of the molecule is CN(C)CCC(O)S(=O)(=O)O. The van der Waals surface area contributed by atoms with Crippen LogP contribution in [0.5, 0.6) is 0 Å². The zero-order chi connectivity index (χ0) is 9.07. The van der Waals surface area contributed by atoms with Crippen molar-refractivity contribution in [2.75, 3.05) is 20.6 Å². The van der Waals surface area contributed by atoms with Crippen molar-refractivity contribution in [3.63, 3.8) is 0 Å². The lowest BCUT2D eigenvalue weighted by atomic mass is 10.4. The van der Waals surface area contributed by atoms with Gasteiger partial charge in [-0.1, -0.05) is 0 Å². The lowest BCUT2D eigenvalue weighted by molar-refractivity contribution is 0.207. The Morgan fingerprint density at radius 1 is 1.45 bits per heavy atom. The lowest BCUT2D eigenvalue weighted by Gasteiger charge is -2.11. The van der Waals surface area contributed by atoms with Crippen molar-refractivity contribution in [3.05, 3.63) is 0 Å². The molecule has 1 atom stereocenters. The minimum atomic E-state index is -4.27. The molecule has 5 nitrogen and oxygen atoms in total. The van der Waals surface area contributed by atoms with Crippen molar-refractivity contribution in [2.45, 2.75) is 11.9 Å². The summed E-state index contributed by atoms with van der Waals surface area (Å²) >= 11 is 0. The molecule has 0 aromatic heterocycles. The molecule has 0 rings (SSSR count). The standard InChI is InChI=1S/C5H13NO4S/c1-6(2)4-3-5(7)11(8,9)10/h5,7H,3-4H2,1-2H3,(H,8,9,10). The van der Waals surface area contributed by atoms with Crippen LogP contribution < -0.4 is 0 Å². The summed E-state index contributed by atoms with van der Waals surface area (Å²) in [5.74, 6) is 0. The third-order valence-electron chi connectivity index (χ3n) is 1.17. The van der Waals surface area contributed by atoms with E-state index in [1.165, 1.54) is 0 Å². The van der Waals surface area contributed by atoms with E-state index in [1.807, 2.05) is 0 Å². The monoisotopic (exact) mass is 183 g/mol. The first kappa shape index (κ1) is 10.8. The molecule has 11 heavy (non-hydrogen) atoms. The summed E-state index contributed by atoms with van der Waals surface area (Å²) in [6.07, 6.45) is 0.0197. The van der Waals surface area contributed by atoms with E-state index in [2.05, 4.69) is 0 Å². The van der Waals surface area contributed by atoms with Crippen molar-refractivity contribution in [2.24, 2.45) is 0 Å². The van der Waals surface area contributed by atoms with Gasteiger partial charge in [0.15, 0.2) is 5.44 Å². The maximum Gasteiger partial charge on any atom is 0.292 e. The molecule has 0 aliphatic heterocycles. The van der Waals surface area contributed by atoms with E-state index in [0.29, 0.717) is 6.54 Å². The van der Waals surface area contributed by atoms with Gasteiger partial charge in [0.05, 0.1) is 0 Å². The molecule has 68 valence electrons. The van der Waals surface area contributed by atoms with Crippen LogP contribution in [0.25, 0.3) is 0 Å². The fourth-order valence-corrected chi connectivity index (χ4v) is 0.921. The topological polar surface area (TPSA) is 77.8 Å². The van der Waals surface area contributed by atoms with Gasteiger partial charge >= 0.3 is 0 Å². The maximum absolute atomic E-state index is 10.2. The average Bonchev–Trinajstić information content (AvgIpc) is 1.80. The average molecular weight is 183 g/mol. The smallest absolute Gasteiger partial charge is 0.292 e. The molecule has 0 aromatic carbocycles. The predicted octanol–water partition coefficient (Wildman–Crippen LogP) is -0.856. The molecule has 0 aliphatic rings. The molecule has 6 heteroatoms. The summed E-state index contributed by atoms with van der Waals surface area (Å²) in [4.78, 5) is 1.72. The van der Waals surface area contributed by atoms with E-state index >= 15 is 0 Å². The van der Waals surface area contributed by atoms with E-state index in [-0.39, 0.29) is 6.42 Å². The molecular formula is C5H13NO4S. The van der Waals surface area contributed by atoms with Crippen LogP contribution in [0, 0.1) is 0 Å². The fourth-order valence-electron chi connectivity index (χ4n) is 0.518. The highest BCUT2D eigenvalue weighted by molar-refractivity contribution is 7.86. The Balaban J connectivity index is 3.81. The van der Waals surface area contributed by atoms with Gasteiger partial charge in [-0.25, -0.2) is 0 Å². The van der Waals surface area contributed by atoms with E-state index < -0.39 is 15.6 Å². The molecule has 0 amide bonds. The summed E-state index contributed by atoms with van der Waals surface area (Å²) in [7, 11) is -0.776. The lowest BCUT2D eigenvalue weighted by Crippen LogP contribution is -2.25. The Morgan fingerprint density at radius 2 is 1.91 bits per heavy atom. The Bertz CT molecular complexity index is 199. The first-order valence-corrected chi connectivity index (χ1v) is 4.63. The summed E-state index contributed by atoms with van der Waals surface area (Å²) in [6, 6.07) is 0. The quantitative estimate of drug-likeness (QED) is 0.555. The molecule has 0 saturated carbocycles. The first-order chi connectivity index (χ1) is 4.84. The van der Waals surface area contributed by atoms with Gasteiger partial charge in [0, 0.05) is 13.0 Å². The van der Waals surface area contributed by atoms with Crippen LogP contribution in [0.1, 0.15) is 6.42 Å². The van der Waals surface area contributed by atoms with E-state index in [9.17, 15) is 8.42 Å². The summed E-state index contributed by atoms with van der Waals surface area (Å²) in [5, 5.41) is 8.77. The van der Waals surface area contributed by atoms with Gasteiger partial charge < -0.3 is 10.0 Å². The van der Waals surface area contributed by atoms with Crippen molar-refractivity contribution in [3.8, 4) is 0 Å². The zero-order valence-corrected chi connectivity index (χ0v) is 7.37. The Hall–Kier alpha value is -0.170. The molecule has 0 spiro atoms. The second-order valence-corrected chi connectivity index (χ2v) is 4.14. The van der Waals surface area contributed by atoms with Gasteiger partial charge in [-0.2, -0.15) is 8.42 Å². The summed E-state index contributed by atoms with van der Waals surface area (Å²) in [5.41, 5.74) is -1.66. The molecule has 0 aliphatic carbocycles. The van der Waals surface area contributed by atoms with Gasteiger partial charge in [-0.05, 0) is 14.1 Å². The summed E-state index contributed by atoms with van der Waals surface area (Å²) in [6.45, 7) is 0.418. The van der Waals surface area contributed by atoms with E-state index in [0.717, 1.165) is 0 Å². The molecule has 0 aromatic rings. The van der Waals surface area contributed by atoms with Crippen LogP contribution in [-0.2, 0) is 10.1 Å². The molecule has 1 unspecified atom stereocenters. The van der Waals surface area contributed by atoms with Crippen LogP contribution in [0.3, 0.4) is 0 Å². The number of rotatable bonds is 4. The number of hydrogen-bond acceptors (Lipinski definition) is 4. The largest absolute Gasteiger partial charge is 0.375 e. The zero-order valence-electron chi connectivity index (χ0n) is 6.56. The van der Waals surface area contributed by atoms with Crippen molar-refractivity contribution in [1.29, 1.82) is 0 Å². The van der Waals surface area contributed by atoms with Crippen LogP contribution in [0.15, 0.2) is 0 Å².